The number of rotatable bonds is 14. The number of esters is 2. The summed E-state index contributed by atoms with van der Waals surface area (Å²) < 4.78 is 16.7. The maximum absolute atomic E-state index is 12.7. The largest absolute Gasteiger partial charge is 0.465 e. The summed E-state index contributed by atoms with van der Waals surface area (Å²) in [4.78, 5) is 25.2. The van der Waals surface area contributed by atoms with E-state index in [1.165, 1.54) is 38.5 Å². The van der Waals surface area contributed by atoms with Crippen LogP contribution in [0.5, 0.6) is 0 Å². The molecule has 1 saturated heterocycles. The average Bonchev–Trinajstić information content (AvgIpc) is 3.43. The summed E-state index contributed by atoms with van der Waals surface area (Å²) in [5, 5.41) is 0. The molecule has 0 aromatic carbocycles. The van der Waals surface area contributed by atoms with E-state index in [1.54, 1.807) is 0 Å². The molecule has 2 rings (SSSR count). The fraction of sp³-hybridized carbons (Fsp3) is 0.909. The first-order valence-electron chi connectivity index (χ1n) is 11.2. The minimum Gasteiger partial charge on any atom is -0.465 e. The van der Waals surface area contributed by atoms with Gasteiger partial charge in [0.1, 0.15) is 0 Å². The fourth-order valence-corrected chi connectivity index (χ4v) is 4.08. The van der Waals surface area contributed by atoms with Gasteiger partial charge < -0.3 is 14.2 Å². The van der Waals surface area contributed by atoms with Gasteiger partial charge in [-0.05, 0) is 32.1 Å². The average molecular weight is 383 g/mol. The molecule has 156 valence electrons. The van der Waals surface area contributed by atoms with Gasteiger partial charge in [-0.15, -0.1) is 0 Å². The van der Waals surface area contributed by atoms with Crippen LogP contribution in [-0.2, 0) is 23.8 Å². The van der Waals surface area contributed by atoms with Gasteiger partial charge >= 0.3 is 11.9 Å². The van der Waals surface area contributed by atoms with Gasteiger partial charge in [-0.25, -0.2) is 4.79 Å². The Morgan fingerprint density at radius 3 is 2.07 bits per heavy atom. The number of unbranched alkanes of at least 4 members (excludes halogenated alkanes) is 8. The van der Waals surface area contributed by atoms with E-state index < -0.39 is 11.5 Å². The monoisotopic (exact) mass is 382 g/mol. The van der Waals surface area contributed by atoms with Crippen molar-refractivity contribution in [1.82, 2.24) is 0 Å². The maximum atomic E-state index is 12.7. The molecule has 0 amide bonds. The summed E-state index contributed by atoms with van der Waals surface area (Å²) in [7, 11) is 0. The number of hydrogen-bond donors (Lipinski definition) is 0. The number of carbonyl (C=O) groups is 2. The maximum Gasteiger partial charge on any atom is 0.342 e. The van der Waals surface area contributed by atoms with Crippen LogP contribution in [0.25, 0.3) is 0 Å². The van der Waals surface area contributed by atoms with E-state index in [9.17, 15) is 9.59 Å². The van der Waals surface area contributed by atoms with Crippen molar-refractivity contribution in [2.24, 2.45) is 5.92 Å². The van der Waals surface area contributed by atoms with Crippen molar-refractivity contribution < 1.29 is 23.8 Å². The van der Waals surface area contributed by atoms with Crippen LogP contribution in [0.15, 0.2) is 0 Å². The van der Waals surface area contributed by atoms with E-state index in [4.69, 9.17) is 14.2 Å². The van der Waals surface area contributed by atoms with Crippen molar-refractivity contribution in [2.75, 3.05) is 13.2 Å². The molecule has 2 aliphatic rings. The second-order valence-corrected chi connectivity index (χ2v) is 8.01. The normalized spacial score (nSPS) is 26.3. The summed E-state index contributed by atoms with van der Waals surface area (Å²) in [5.74, 6) is -1.14. The smallest absolute Gasteiger partial charge is 0.342 e. The summed E-state index contributed by atoms with van der Waals surface area (Å²) in [6.45, 7) is 5.21. The number of carbonyl (C=O) groups excluding carboxylic acids is 2. The Hall–Kier alpha value is -1.10. The van der Waals surface area contributed by atoms with Gasteiger partial charge in [-0.2, -0.15) is 0 Å². The Balaban J connectivity index is 1.74. The molecular weight excluding hydrogens is 344 g/mol. The Bertz CT molecular complexity index is 464. The van der Waals surface area contributed by atoms with Gasteiger partial charge in [0.15, 0.2) is 0 Å². The summed E-state index contributed by atoms with van der Waals surface area (Å²) >= 11 is 0. The van der Waals surface area contributed by atoms with Crippen molar-refractivity contribution in [3.63, 3.8) is 0 Å². The van der Waals surface area contributed by atoms with Crippen LogP contribution in [0.2, 0.25) is 0 Å². The third-order valence-electron chi connectivity index (χ3n) is 5.81. The third kappa shape index (κ3) is 6.20. The number of fused-ring (bicyclic) bond motifs is 1. The lowest BCUT2D eigenvalue weighted by Crippen LogP contribution is -2.44. The first-order valence-corrected chi connectivity index (χ1v) is 11.2. The number of epoxide rings is 1. The van der Waals surface area contributed by atoms with E-state index >= 15 is 0 Å². The predicted octanol–water partition coefficient (Wildman–Crippen LogP) is 4.95. The van der Waals surface area contributed by atoms with Gasteiger partial charge in [0.25, 0.3) is 0 Å². The van der Waals surface area contributed by atoms with Crippen molar-refractivity contribution in [3.8, 4) is 0 Å². The Morgan fingerprint density at radius 1 is 0.852 bits per heavy atom. The van der Waals surface area contributed by atoms with Crippen molar-refractivity contribution in [3.05, 3.63) is 0 Å². The molecule has 0 aromatic rings. The van der Waals surface area contributed by atoms with Gasteiger partial charge in [-0.1, -0.05) is 65.2 Å². The standard InChI is InChI=1S/C22H38O5/c1-3-5-7-9-11-16-25-20(23)18-14-13-15-19-22(18,27-19)21(24)26-17-12-10-8-6-4-2/h18-19H,3-17H2,1-2H3. The molecular formula is C22H38O5. The van der Waals surface area contributed by atoms with E-state index in [0.717, 1.165) is 38.5 Å². The first-order chi connectivity index (χ1) is 13.2. The molecule has 3 unspecified atom stereocenters. The molecule has 0 N–H and O–H groups in total. The minimum atomic E-state index is -1.05. The summed E-state index contributed by atoms with van der Waals surface area (Å²) in [6.07, 6.45) is 13.3. The lowest BCUT2D eigenvalue weighted by atomic mass is 9.79. The molecule has 1 heterocycles. The zero-order valence-corrected chi connectivity index (χ0v) is 17.3. The van der Waals surface area contributed by atoms with Gasteiger partial charge in [0.05, 0.1) is 25.2 Å². The van der Waals surface area contributed by atoms with E-state index in [1.807, 2.05) is 0 Å². The van der Waals surface area contributed by atoms with Crippen LogP contribution in [0.4, 0.5) is 0 Å². The quantitative estimate of drug-likeness (QED) is 0.241. The van der Waals surface area contributed by atoms with E-state index in [-0.39, 0.29) is 18.0 Å². The predicted molar refractivity (Wildman–Crippen MR) is 104 cm³/mol. The van der Waals surface area contributed by atoms with Crippen LogP contribution >= 0.6 is 0 Å². The van der Waals surface area contributed by atoms with E-state index in [0.29, 0.717) is 19.6 Å². The second kappa shape index (κ2) is 11.7. The fourth-order valence-electron chi connectivity index (χ4n) is 4.08. The molecule has 2 fully saturated rings. The highest BCUT2D eigenvalue weighted by atomic mass is 16.7. The Labute approximate surface area is 164 Å². The highest BCUT2D eigenvalue weighted by Gasteiger charge is 2.71. The van der Waals surface area contributed by atoms with Crippen molar-refractivity contribution in [2.45, 2.75) is 109 Å². The molecule has 5 nitrogen and oxygen atoms in total. The number of ether oxygens (including phenoxy) is 3. The van der Waals surface area contributed by atoms with Crippen LogP contribution in [0, 0.1) is 5.92 Å². The third-order valence-corrected chi connectivity index (χ3v) is 5.81. The van der Waals surface area contributed by atoms with Crippen LogP contribution < -0.4 is 0 Å². The lowest BCUT2D eigenvalue weighted by Gasteiger charge is -2.25. The Kier molecular flexibility index (Phi) is 9.60. The van der Waals surface area contributed by atoms with Gasteiger partial charge in [0.2, 0.25) is 5.60 Å². The molecule has 5 heteroatoms. The highest BCUT2D eigenvalue weighted by molar-refractivity contribution is 5.91. The molecule has 1 aliphatic carbocycles. The minimum absolute atomic E-state index is 0.166. The molecule has 0 bridgehead atoms. The van der Waals surface area contributed by atoms with Crippen LogP contribution in [-0.4, -0.2) is 36.9 Å². The zero-order valence-electron chi connectivity index (χ0n) is 17.3. The topological polar surface area (TPSA) is 65.1 Å². The van der Waals surface area contributed by atoms with E-state index in [2.05, 4.69) is 13.8 Å². The molecule has 1 saturated carbocycles. The SMILES string of the molecule is CCCCCCCOC(=O)C1CCCC2OC21C(=O)OCCCCCCC. The molecule has 1 aliphatic heterocycles. The van der Waals surface area contributed by atoms with Crippen LogP contribution in [0.1, 0.15) is 97.3 Å². The summed E-state index contributed by atoms with van der Waals surface area (Å²) in [5.41, 5.74) is -1.05. The molecule has 3 atom stereocenters. The molecule has 0 spiro atoms. The van der Waals surface area contributed by atoms with Crippen LogP contribution in [0.3, 0.4) is 0 Å². The highest BCUT2D eigenvalue weighted by Crippen LogP contribution is 2.52. The molecule has 0 aromatic heterocycles. The molecule has 27 heavy (non-hydrogen) atoms. The zero-order chi connectivity index (χ0) is 19.5. The van der Waals surface area contributed by atoms with Gasteiger partial charge in [0, 0.05) is 0 Å². The first kappa shape index (κ1) is 22.2. The van der Waals surface area contributed by atoms with Gasteiger partial charge in [-0.3, -0.25) is 4.79 Å². The lowest BCUT2D eigenvalue weighted by molar-refractivity contribution is -0.163. The van der Waals surface area contributed by atoms with Crippen molar-refractivity contribution >= 4 is 11.9 Å². The Morgan fingerprint density at radius 2 is 1.44 bits per heavy atom. The second-order valence-electron chi connectivity index (χ2n) is 8.01. The van der Waals surface area contributed by atoms with Crippen molar-refractivity contribution in [1.29, 1.82) is 0 Å². The molecule has 0 radical (unpaired) electrons. The number of hydrogen-bond acceptors (Lipinski definition) is 5. The summed E-state index contributed by atoms with van der Waals surface area (Å²) in [6, 6.07) is 0.